The van der Waals surface area contributed by atoms with Crippen LogP contribution in [0.15, 0.2) is 44.2 Å². The fourth-order valence-electron chi connectivity index (χ4n) is 2.24. The molecule has 0 fully saturated rings. The normalized spacial score (nSPS) is 10.9. The molecule has 0 spiro atoms. The van der Waals surface area contributed by atoms with E-state index in [0.717, 1.165) is 9.77 Å². The number of amides is 1. The van der Waals surface area contributed by atoms with Crippen LogP contribution in [0.2, 0.25) is 0 Å². The van der Waals surface area contributed by atoms with Crippen LogP contribution in [0.1, 0.15) is 15.9 Å². The predicted octanol–water partition coefficient (Wildman–Crippen LogP) is 4.99. The van der Waals surface area contributed by atoms with Crippen molar-refractivity contribution in [2.45, 2.75) is 15.8 Å². The third-order valence-corrected chi connectivity index (χ3v) is 6.76. The number of hydrogen-bond acceptors (Lipinski definition) is 6. The summed E-state index contributed by atoms with van der Waals surface area (Å²) in [6, 6.07) is 6.23. The molecule has 0 bridgehead atoms. The molecule has 2 heterocycles. The number of thioether (sulfide) groups is 2. The van der Waals surface area contributed by atoms with Crippen LogP contribution in [-0.2, 0) is 6.54 Å². The van der Waals surface area contributed by atoms with E-state index >= 15 is 0 Å². The monoisotopic (exact) mass is 472 g/mol. The predicted molar refractivity (Wildman–Crippen MR) is 109 cm³/mol. The van der Waals surface area contributed by atoms with E-state index in [1.165, 1.54) is 47.2 Å². The van der Waals surface area contributed by atoms with Gasteiger partial charge in [-0.15, -0.1) is 23.5 Å². The van der Waals surface area contributed by atoms with Crippen molar-refractivity contribution in [3.8, 4) is 0 Å². The van der Waals surface area contributed by atoms with Gasteiger partial charge in [0.15, 0.2) is 5.82 Å². The molecule has 0 saturated heterocycles. The fourth-order valence-corrected chi connectivity index (χ4v) is 4.93. The first-order chi connectivity index (χ1) is 12.5. The molecule has 0 unspecified atom stereocenters. The Morgan fingerprint density at radius 3 is 2.69 bits per heavy atom. The van der Waals surface area contributed by atoms with E-state index < -0.39 is 0 Å². The molecule has 136 valence electrons. The first-order valence-corrected chi connectivity index (χ1v) is 11.4. The Hall–Kier alpha value is -1.36. The number of halogens is 2. The second-order valence-corrected chi connectivity index (χ2v) is 8.66. The number of anilines is 1. The van der Waals surface area contributed by atoms with Crippen LogP contribution >= 0.6 is 51.0 Å². The standard InChI is InChI=1S/C16H14BrFN4OS3/c1-24-15-12(16(25-2)26-21-15)14(23)19-13-11(17)8-22(20-13)7-9-3-5-10(18)6-4-9/h3-6,8H,7H2,1-2H3,(H,19,20,23). The third kappa shape index (κ3) is 4.30. The smallest absolute Gasteiger partial charge is 0.261 e. The van der Waals surface area contributed by atoms with E-state index in [1.807, 2.05) is 12.5 Å². The molecule has 1 N–H and O–H groups in total. The molecular formula is C16H14BrFN4OS3. The second-order valence-electron chi connectivity index (χ2n) is 5.16. The number of nitrogens with one attached hydrogen (secondary N) is 1. The highest BCUT2D eigenvalue weighted by atomic mass is 79.9. The van der Waals surface area contributed by atoms with Gasteiger partial charge in [-0.25, -0.2) is 4.39 Å². The van der Waals surface area contributed by atoms with Gasteiger partial charge < -0.3 is 5.32 Å². The minimum absolute atomic E-state index is 0.236. The minimum atomic E-state index is -0.276. The van der Waals surface area contributed by atoms with Gasteiger partial charge in [-0.1, -0.05) is 12.1 Å². The molecule has 5 nitrogen and oxygen atoms in total. The number of rotatable bonds is 6. The summed E-state index contributed by atoms with van der Waals surface area (Å²) in [7, 11) is 0. The molecule has 26 heavy (non-hydrogen) atoms. The summed E-state index contributed by atoms with van der Waals surface area (Å²) in [5, 5.41) is 7.95. The Balaban J connectivity index is 1.78. The summed E-state index contributed by atoms with van der Waals surface area (Å²) in [4.78, 5) is 12.7. The maximum Gasteiger partial charge on any atom is 0.261 e. The molecular weight excluding hydrogens is 459 g/mol. The third-order valence-electron chi connectivity index (χ3n) is 3.44. The minimum Gasteiger partial charge on any atom is -0.304 e. The van der Waals surface area contributed by atoms with Gasteiger partial charge >= 0.3 is 0 Å². The lowest BCUT2D eigenvalue weighted by molar-refractivity contribution is 0.102. The van der Waals surface area contributed by atoms with E-state index in [-0.39, 0.29) is 11.7 Å². The molecule has 3 rings (SSSR count). The summed E-state index contributed by atoms with van der Waals surface area (Å²) in [6.07, 6.45) is 5.58. The molecule has 0 aliphatic rings. The highest BCUT2D eigenvalue weighted by Gasteiger charge is 2.22. The van der Waals surface area contributed by atoms with Crippen LogP contribution in [0.5, 0.6) is 0 Å². The van der Waals surface area contributed by atoms with Gasteiger partial charge in [-0.2, -0.15) is 9.47 Å². The van der Waals surface area contributed by atoms with E-state index in [9.17, 15) is 9.18 Å². The fraction of sp³-hybridized carbons (Fsp3) is 0.188. The van der Waals surface area contributed by atoms with Crippen LogP contribution in [0.25, 0.3) is 0 Å². The molecule has 0 saturated carbocycles. The van der Waals surface area contributed by atoms with Crippen LogP contribution in [0, 0.1) is 5.82 Å². The highest BCUT2D eigenvalue weighted by Crippen LogP contribution is 2.33. The maximum atomic E-state index is 13.0. The van der Waals surface area contributed by atoms with Crippen LogP contribution in [-0.4, -0.2) is 32.6 Å². The Morgan fingerprint density at radius 2 is 2.04 bits per heavy atom. The van der Waals surface area contributed by atoms with Gasteiger partial charge in [0, 0.05) is 6.20 Å². The second kappa shape index (κ2) is 8.55. The number of nitrogens with zero attached hydrogens (tertiary/aromatic N) is 3. The Morgan fingerprint density at radius 1 is 1.31 bits per heavy atom. The average molecular weight is 473 g/mol. The van der Waals surface area contributed by atoms with Crippen LogP contribution in [0.3, 0.4) is 0 Å². The molecule has 10 heteroatoms. The van der Waals surface area contributed by atoms with Crippen molar-refractivity contribution >= 4 is 62.7 Å². The van der Waals surface area contributed by atoms with E-state index in [4.69, 9.17) is 0 Å². The molecule has 0 atom stereocenters. The summed E-state index contributed by atoms with van der Waals surface area (Å²) in [5.41, 5.74) is 1.49. The number of aromatic nitrogens is 3. The molecule has 0 radical (unpaired) electrons. The average Bonchev–Trinajstić information content (AvgIpc) is 3.20. The maximum absolute atomic E-state index is 13.0. The lowest BCUT2D eigenvalue weighted by atomic mass is 10.2. The number of carbonyl (C=O) groups is 1. The van der Waals surface area contributed by atoms with Gasteiger partial charge in [-0.05, 0) is 57.7 Å². The Kier molecular flexibility index (Phi) is 6.38. The quantitative estimate of drug-likeness (QED) is 0.512. The number of hydrogen-bond donors (Lipinski definition) is 1. The zero-order valence-electron chi connectivity index (χ0n) is 13.8. The van der Waals surface area contributed by atoms with Crippen molar-refractivity contribution in [1.29, 1.82) is 0 Å². The first-order valence-electron chi connectivity index (χ1n) is 7.38. The SMILES string of the molecule is CSc1nsc(SC)c1C(=O)Nc1nn(Cc2ccc(F)cc2)cc1Br. The van der Waals surface area contributed by atoms with E-state index in [0.29, 0.717) is 27.4 Å². The van der Waals surface area contributed by atoms with Crippen molar-refractivity contribution in [3.05, 3.63) is 51.9 Å². The number of carbonyl (C=O) groups excluding carboxylic acids is 1. The van der Waals surface area contributed by atoms with Crippen molar-refractivity contribution in [3.63, 3.8) is 0 Å². The van der Waals surface area contributed by atoms with Crippen molar-refractivity contribution < 1.29 is 9.18 Å². The highest BCUT2D eigenvalue weighted by molar-refractivity contribution is 9.10. The van der Waals surface area contributed by atoms with E-state index in [1.54, 1.807) is 23.0 Å². The van der Waals surface area contributed by atoms with Gasteiger partial charge in [0.2, 0.25) is 0 Å². The van der Waals surface area contributed by atoms with Crippen LogP contribution < -0.4 is 5.32 Å². The van der Waals surface area contributed by atoms with Crippen molar-refractivity contribution in [2.75, 3.05) is 17.8 Å². The molecule has 0 aliphatic carbocycles. The molecule has 2 aromatic heterocycles. The van der Waals surface area contributed by atoms with Gasteiger partial charge in [0.25, 0.3) is 5.91 Å². The summed E-state index contributed by atoms with van der Waals surface area (Å²) < 4.78 is 20.6. The topological polar surface area (TPSA) is 59.8 Å². The molecule has 0 aliphatic heterocycles. The lowest BCUT2D eigenvalue weighted by Crippen LogP contribution is -2.14. The lowest BCUT2D eigenvalue weighted by Gasteiger charge is -2.04. The Bertz CT molecular complexity index is 905. The zero-order chi connectivity index (χ0) is 18.7. The molecule has 3 aromatic rings. The Labute approximate surface area is 171 Å². The molecule has 1 amide bonds. The first kappa shape index (κ1) is 19.4. The zero-order valence-corrected chi connectivity index (χ0v) is 17.9. The van der Waals surface area contributed by atoms with Crippen molar-refractivity contribution in [2.24, 2.45) is 0 Å². The van der Waals surface area contributed by atoms with Crippen LogP contribution in [0.4, 0.5) is 10.2 Å². The largest absolute Gasteiger partial charge is 0.304 e. The van der Waals surface area contributed by atoms with Gasteiger partial charge in [0.05, 0.1) is 20.8 Å². The molecule has 1 aromatic carbocycles. The van der Waals surface area contributed by atoms with Crippen molar-refractivity contribution in [1.82, 2.24) is 14.2 Å². The van der Waals surface area contributed by atoms with E-state index in [2.05, 4.69) is 30.7 Å². The summed E-state index contributed by atoms with van der Waals surface area (Å²) in [6.45, 7) is 0.473. The summed E-state index contributed by atoms with van der Waals surface area (Å²) >= 11 is 7.68. The van der Waals surface area contributed by atoms with Gasteiger partial charge in [-0.3, -0.25) is 9.48 Å². The summed E-state index contributed by atoms with van der Waals surface area (Å²) in [5.74, 6) is -0.0792. The van der Waals surface area contributed by atoms with Gasteiger partial charge in [0.1, 0.15) is 10.8 Å². The number of benzene rings is 1.